The molecule has 4 nitrogen and oxygen atoms in total. The number of hydrogen-bond acceptors (Lipinski definition) is 4. The lowest BCUT2D eigenvalue weighted by molar-refractivity contribution is 0.659. The molecule has 0 unspecified atom stereocenters. The first kappa shape index (κ1) is 60.6. The molecule has 13 aromatic rings. The minimum Gasteiger partial charge on any atom is -0.345 e. The highest BCUT2D eigenvalue weighted by Crippen LogP contribution is 2.53. The van der Waals surface area contributed by atoms with Crippen molar-refractivity contribution in [1.29, 1.82) is 0 Å². The highest BCUT2D eigenvalue weighted by Gasteiger charge is 2.38. The van der Waals surface area contributed by atoms with E-state index in [0.717, 1.165) is 28.4 Å². The Kier molecular flexibility index (Phi) is 16.1. The van der Waals surface area contributed by atoms with Crippen LogP contribution in [0, 0.1) is 0 Å². The van der Waals surface area contributed by atoms with Gasteiger partial charge in [0.05, 0.1) is 0 Å². The zero-order valence-electron chi connectivity index (χ0n) is 55.4. The third-order valence-corrected chi connectivity index (χ3v) is 20.1. The molecule has 0 N–H and O–H groups in total. The summed E-state index contributed by atoms with van der Waals surface area (Å²) < 4.78 is 0. The first-order valence-electron chi connectivity index (χ1n) is 32.9. The number of fused-ring (bicyclic) bond motifs is 9. The van der Waals surface area contributed by atoms with Crippen molar-refractivity contribution in [3.63, 3.8) is 0 Å². The van der Waals surface area contributed by atoms with E-state index in [1.807, 2.05) is 18.2 Å². The van der Waals surface area contributed by atoms with Gasteiger partial charge in [0.2, 0.25) is 0 Å². The Morgan fingerprint density at radius 2 is 0.394 bits per heavy atom. The average Bonchev–Trinajstić information content (AvgIpc) is 1.59. The Labute approximate surface area is 557 Å². The van der Waals surface area contributed by atoms with Crippen LogP contribution in [0.1, 0.15) is 74.9 Å². The van der Waals surface area contributed by atoms with Crippen LogP contribution < -0.4 is 19.6 Å². The molecular weight excluding hydrogens is 1140 g/mol. The van der Waals surface area contributed by atoms with Gasteiger partial charge in [-0.15, -0.1) is 0 Å². The van der Waals surface area contributed by atoms with Gasteiger partial charge in [-0.2, -0.15) is 0 Å². The van der Waals surface area contributed by atoms with E-state index >= 15 is 0 Å². The molecule has 0 saturated carbocycles. The molecule has 0 amide bonds. The summed E-state index contributed by atoms with van der Waals surface area (Å²) in [4.78, 5) is 9.10. The van der Waals surface area contributed by atoms with Crippen molar-refractivity contribution in [2.75, 3.05) is 40.7 Å². The fourth-order valence-corrected chi connectivity index (χ4v) is 14.6. The Morgan fingerprint density at radius 3 is 0.723 bits per heavy atom. The third kappa shape index (κ3) is 11.2. The van der Waals surface area contributed by atoms with Crippen LogP contribution in [0.4, 0.5) is 51.2 Å². The van der Waals surface area contributed by atoms with E-state index in [1.165, 1.54) is 112 Å². The molecule has 0 spiro atoms. The van der Waals surface area contributed by atoms with Crippen molar-refractivity contribution in [3.05, 3.63) is 355 Å². The van der Waals surface area contributed by atoms with Crippen molar-refractivity contribution < 1.29 is 0 Å². The molecule has 3 aliphatic rings. The summed E-state index contributed by atoms with van der Waals surface area (Å²) in [7, 11) is 6.45. The normalized spacial score (nSPS) is 13.4. The molecule has 0 bridgehead atoms. The van der Waals surface area contributed by atoms with E-state index in [9.17, 15) is 0 Å². The van der Waals surface area contributed by atoms with E-state index in [-0.39, 0.29) is 16.2 Å². The maximum Gasteiger partial charge on any atom is 0.0463 e. The second-order valence-corrected chi connectivity index (χ2v) is 26.7. The highest BCUT2D eigenvalue weighted by atomic mass is 15.1. The van der Waals surface area contributed by atoms with Gasteiger partial charge in [0, 0.05) is 88.6 Å². The van der Waals surface area contributed by atoms with E-state index in [0.29, 0.717) is 0 Å². The summed E-state index contributed by atoms with van der Waals surface area (Å²) in [6.07, 6.45) is 0. The molecule has 0 aliphatic heterocycles. The summed E-state index contributed by atoms with van der Waals surface area (Å²) in [6, 6.07) is 116. The van der Waals surface area contributed by atoms with Crippen LogP contribution in [0.3, 0.4) is 0 Å². The van der Waals surface area contributed by atoms with Crippen LogP contribution in [0.2, 0.25) is 0 Å². The topological polar surface area (TPSA) is 13.0 Å². The number of hydrogen-bond donors (Lipinski definition) is 0. The van der Waals surface area contributed by atoms with E-state index < -0.39 is 0 Å². The highest BCUT2D eigenvalue weighted by molar-refractivity contribution is 5.87. The lowest BCUT2D eigenvalue weighted by Crippen LogP contribution is -2.17. The van der Waals surface area contributed by atoms with Crippen molar-refractivity contribution >= 4 is 51.2 Å². The number of benzene rings is 13. The van der Waals surface area contributed by atoms with Gasteiger partial charge in [-0.3, -0.25) is 0 Å². The summed E-state index contributed by atoms with van der Waals surface area (Å²) in [5, 5.41) is 0. The van der Waals surface area contributed by atoms with Gasteiger partial charge >= 0.3 is 0 Å². The molecule has 460 valence electrons. The molecule has 0 saturated heterocycles. The van der Waals surface area contributed by atoms with Crippen LogP contribution in [-0.2, 0) is 16.2 Å². The molecule has 4 heteroatoms. The molecule has 0 radical (unpaired) electrons. The largest absolute Gasteiger partial charge is 0.345 e. The molecule has 3 aliphatic carbocycles. The maximum absolute atomic E-state index is 2.39. The van der Waals surface area contributed by atoms with Gasteiger partial charge < -0.3 is 19.6 Å². The quantitative estimate of drug-likeness (QED) is 0.128. The molecule has 16 rings (SSSR count). The third-order valence-electron chi connectivity index (χ3n) is 20.1. The van der Waals surface area contributed by atoms with Crippen molar-refractivity contribution in [1.82, 2.24) is 0 Å². The van der Waals surface area contributed by atoms with Gasteiger partial charge in [-0.1, -0.05) is 254 Å². The van der Waals surface area contributed by atoms with Gasteiger partial charge in [0.15, 0.2) is 0 Å². The first-order valence-corrected chi connectivity index (χ1v) is 32.9. The fourth-order valence-electron chi connectivity index (χ4n) is 14.6. The minimum absolute atomic E-state index is 0.0182. The van der Waals surface area contributed by atoms with Gasteiger partial charge in [-0.25, -0.2) is 0 Å². The molecule has 13 aromatic carbocycles. The lowest BCUT2D eigenvalue weighted by Gasteiger charge is -2.27. The molecule has 0 heterocycles. The van der Waals surface area contributed by atoms with Gasteiger partial charge in [0.25, 0.3) is 0 Å². The van der Waals surface area contributed by atoms with E-state index in [2.05, 4.69) is 386 Å². The van der Waals surface area contributed by atoms with Crippen LogP contribution >= 0.6 is 0 Å². The van der Waals surface area contributed by atoms with Gasteiger partial charge in [0.1, 0.15) is 0 Å². The van der Waals surface area contributed by atoms with Crippen LogP contribution in [-0.4, -0.2) is 21.1 Å². The number of para-hydroxylation sites is 2. The smallest absolute Gasteiger partial charge is 0.0463 e. The fraction of sp³-hybridized carbons (Fsp3) is 0.133. The molecule has 0 aromatic heterocycles. The monoisotopic (exact) mass is 1220 g/mol. The zero-order chi connectivity index (χ0) is 64.7. The number of rotatable bonds is 11. The first-order chi connectivity index (χ1) is 45.6. The van der Waals surface area contributed by atoms with E-state index in [4.69, 9.17) is 0 Å². The van der Waals surface area contributed by atoms with E-state index in [1.54, 1.807) is 0 Å². The summed E-state index contributed by atoms with van der Waals surface area (Å²) in [5.41, 5.74) is 32.3. The Morgan fingerprint density at radius 1 is 0.181 bits per heavy atom. The number of anilines is 9. The van der Waals surface area contributed by atoms with Crippen LogP contribution in [0.25, 0.3) is 55.6 Å². The Bertz CT molecular complexity index is 4680. The van der Waals surface area contributed by atoms with Gasteiger partial charge in [-0.05, 0) is 198 Å². The second kappa shape index (κ2) is 24.9. The standard InChI is InChI=1S/C31H26N2.C31H29N.C28H25N/c1-32(27-19-17-26(18-20-27)25-11-5-2-6-12-25)28-21-23-31(24-22-28)33(29-13-7-3-8-14-29)30-15-9-4-10-16-30;1-30(2)26-12-8-6-10-22(26)24-16-14-20(18-28(24)30)32(5)21-15-17-25-23-11-7-9-13-27(23)31(3,4)29(25)19-21;1-28(2)26-12-8-7-11-24(26)25-18-17-23(19-27(25)28)29(3)22-15-13-21(14-16-22)20-9-5-4-6-10-20/h2-24H,1H3;6-19H,1-5H3;4-19H,1-3H3. The SMILES string of the molecule is CN(c1ccc(-c2ccccc2)cc1)c1ccc(N(c2ccccc2)c2ccccc2)cc1.CN(c1ccc(-c2ccccc2)cc1)c1ccc2c(c1)C(C)(C)c1ccccc1-2.CN(c1ccc2c(c1)C(C)(C)c1ccccc1-2)c1ccc2c(c1)C(C)(C)c1ccccc1-2. The molecule has 94 heavy (non-hydrogen) atoms. The zero-order valence-corrected chi connectivity index (χ0v) is 55.4. The summed E-state index contributed by atoms with van der Waals surface area (Å²) >= 11 is 0. The Balaban J connectivity index is 0.000000122. The molecule has 0 fully saturated rings. The van der Waals surface area contributed by atoms with Crippen molar-refractivity contribution in [3.8, 4) is 55.6 Å². The summed E-state index contributed by atoms with van der Waals surface area (Å²) in [5.74, 6) is 0. The lowest BCUT2D eigenvalue weighted by atomic mass is 9.82. The maximum atomic E-state index is 2.39. The Hall–Kier alpha value is -10.9. The van der Waals surface area contributed by atoms with Crippen LogP contribution in [0.5, 0.6) is 0 Å². The average molecular weight is 1220 g/mol. The predicted molar refractivity (Wildman–Crippen MR) is 401 cm³/mol. The molecule has 0 atom stereocenters. The predicted octanol–water partition coefficient (Wildman–Crippen LogP) is 24.1. The molecular formula is C90H80N4. The van der Waals surface area contributed by atoms with Crippen molar-refractivity contribution in [2.24, 2.45) is 0 Å². The minimum atomic E-state index is 0.0182. The summed E-state index contributed by atoms with van der Waals surface area (Å²) in [6.45, 7) is 14.0. The van der Waals surface area contributed by atoms with Crippen LogP contribution in [0.15, 0.2) is 322 Å². The number of nitrogens with zero attached hydrogens (tertiary/aromatic N) is 4. The van der Waals surface area contributed by atoms with Crippen molar-refractivity contribution in [2.45, 2.75) is 57.8 Å². The second-order valence-electron chi connectivity index (χ2n) is 26.7.